The Morgan fingerprint density at radius 1 is 1.29 bits per heavy atom. The predicted molar refractivity (Wildman–Crippen MR) is 51.9 cm³/mol. The van der Waals surface area contributed by atoms with Crippen LogP contribution in [0.3, 0.4) is 0 Å². The van der Waals surface area contributed by atoms with Gasteiger partial charge in [0.1, 0.15) is 0 Å². The Kier molecular flexibility index (Phi) is 5.35. The molecular formula is C9H14F3NS. The summed E-state index contributed by atoms with van der Waals surface area (Å²) < 4.78 is 36.4. The van der Waals surface area contributed by atoms with Crippen molar-refractivity contribution < 1.29 is 13.2 Å². The number of rotatable bonds is 4. The third-order valence-electron chi connectivity index (χ3n) is 2.02. The fourth-order valence-electron chi connectivity index (χ4n) is 0.645. The van der Waals surface area contributed by atoms with Crippen LogP contribution in [0.4, 0.5) is 13.2 Å². The maximum absolute atomic E-state index is 12.1. The normalized spacial score (nSPS) is 16.4. The summed E-state index contributed by atoms with van der Waals surface area (Å²) in [5, 5.41) is 8.48. The standard InChI is InChI=1S/C9H14F3NS/c1-6(2)7(3)14-5-8(4-13)9(10,11)12/h6-8H,5H2,1-3H3. The molecule has 2 unspecified atom stereocenters. The van der Waals surface area contributed by atoms with E-state index in [1.165, 1.54) is 17.8 Å². The first-order valence-electron chi connectivity index (χ1n) is 4.37. The zero-order valence-electron chi connectivity index (χ0n) is 8.43. The minimum absolute atomic E-state index is 0.146. The molecule has 82 valence electrons. The van der Waals surface area contributed by atoms with E-state index in [0.717, 1.165) is 0 Å². The van der Waals surface area contributed by atoms with E-state index in [2.05, 4.69) is 0 Å². The molecular weight excluding hydrogens is 211 g/mol. The zero-order chi connectivity index (χ0) is 11.4. The molecule has 1 nitrogen and oxygen atoms in total. The van der Waals surface area contributed by atoms with E-state index in [-0.39, 0.29) is 11.0 Å². The van der Waals surface area contributed by atoms with Gasteiger partial charge in [0.15, 0.2) is 5.92 Å². The fraction of sp³-hybridized carbons (Fsp3) is 0.889. The average Bonchev–Trinajstić information content (AvgIpc) is 2.02. The Bertz CT molecular complexity index is 207. The van der Waals surface area contributed by atoms with Gasteiger partial charge in [-0.05, 0) is 5.92 Å². The van der Waals surface area contributed by atoms with Crippen LogP contribution in [0.15, 0.2) is 0 Å². The SMILES string of the molecule is CC(C)C(C)SCC(C#N)C(F)(F)F. The van der Waals surface area contributed by atoms with Crippen LogP contribution in [0.25, 0.3) is 0 Å². The molecule has 0 aliphatic heterocycles. The molecule has 2 atom stereocenters. The fourth-order valence-corrected chi connectivity index (χ4v) is 1.79. The molecule has 0 aliphatic carbocycles. The van der Waals surface area contributed by atoms with Crippen LogP contribution in [-0.4, -0.2) is 17.2 Å². The van der Waals surface area contributed by atoms with Crippen LogP contribution in [0.5, 0.6) is 0 Å². The van der Waals surface area contributed by atoms with Gasteiger partial charge in [0.05, 0.1) is 6.07 Å². The molecule has 0 saturated carbocycles. The summed E-state index contributed by atoms with van der Waals surface area (Å²) in [6, 6.07) is 1.29. The summed E-state index contributed by atoms with van der Waals surface area (Å²) in [4.78, 5) is 0. The number of nitrogens with zero attached hydrogens (tertiary/aromatic N) is 1. The van der Waals surface area contributed by atoms with Gasteiger partial charge in [-0.2, -0.15) is 30.2 Å². The molecule has 0 aliphatic rings. The van der Waals surface area contributed by atoms with Gasteiger partial charge < -0.3 is 0 Å². The van der Waals surface area contributed by atoms with Crippen molar-refractivity contribution >= 4 is 11.8 Å². The number of halogens is 3. The van der Waals surface area contributed by atoms with E-state index in [4.69, 9.17) is 5.26 Å². The third-order valence-corrected chi connectivity index (χ3v) is 3.61. The third kappa shape index (κ3) is 4.75. The highest BCUT2D eigenvalue weighted by atomic mass is 32.2. The van der Waals surface area contributed by atoms with E-state index >= 15 is 0 Å². The predicted octanol–water partition coefficient (Wildman–Crippen LogP) is 3.47. The second-order valence-electron chi connectivity index (χ2n) is 3.51. The maximum Gasteiger partial charge on any atom is 0.405 e. The minimum Gasteiger partial charge on any atom is -0.198 e. The summed E-state index contributed by atoms with van der Waals surface area (Å²) in [7, 11) is 0. The highest BCUT2D eigenvalue weighted by Gasteiger charge is 2.39. The number of nitriles is 1. The molecule has 0 N–H and O–H groups in total. The monoisotopic (exact) mass is 225 g/mol. The van der Waals surface area contributed by atoms with Crippen molar-refractivity contribution in [1.29, 1.82) is 5.26 Å². The van der Waals surface area contributed by atoms with Crippen molar-refractivity contribution in [2.45, 2.75) is 32.2 Å². The summed E-state index contributed by atoms with van der Waals surface area (Å²) in [5.41, 5.74) is 0. The smallest absolute Gasteiger partial charge is 0.198 e. The van der Waals surface area contributed by atoms with Gasteiger partial charge in [0, 0.05) is 11.0 Å². The molecule has 0 heterocycles. The number of hydrogen-bond donors (Lipinski definition) is 0. The lowest BCUT2D eigenvalue weighted by atomic mass is 10.2. The molecule has 0 aromatic carbocycles. The number of alkyl halides is 3. The molecule has 5 heteroatoms. The van der Waals surface area contributed by atoms with E-state index < -0.39 is 12.1 Å². The quantitative estimate of drug-likeness (QED) is 0.731. The lowest BCUT2D eigenvalue weighted by Crippen LogP contribution is -2.24. The van der Waals surface area contributed by atoms with E-state index in [1.807, 2.05) is 20.8 Å². The average molecular weight is 225 g/mol. The van der Waals surface area contributed by atoms with Gasteiger partial charge in [0.25, 0.3) is 0 Å². The Hall–Kier alpha value is -0.370. The van der Waals surface area contributed by atoms with Gasteiger partial charge in [-0.1, -0.05) is 20.8 Å². The number of thioether (sulfide) groups is 1. The summed E-state index contributed by atoms with van der Waals surface area (Å²) in [5.74, 6) is -1.68. The van der Waals surface area contributed by atoms with E-state index in [0.29, 0.717) is 5.92 Å². The molecule has 0 aromatic rings. The van der Waals surface area contributed by atoms with Gasteiger partial charge >= 0.3 is 6.18 Å². The Morgan fingerprint density at radius 2 is 1.79 bits per heavy atom. The maximum atomic E-state index is 12.1. The first-order chi connectivity index (χ1) is 6.29. The lowest BCUT2D eigenvalue weighted by molar-refractivity contribution is -0.152. The summed E-state index contributed by atoms with van der Waals surface area (Å²) in [6.07, 6.45) is -4.39. The van der Waals surface area contributed by atoms with Crippen molar-refractivity contribution in [3.8, 4) is 6.07 Å². The van der Waals surface area contributed by atoms with E-state index in [9.17, 15) is 13.2 Å². The molecule has 0 fully saturated rings. The summed E-state index contributed by atoms with van der Waals surface area (Å²) in [6.45, 7) is 5.78. The Balaban J connectivity index is 4.05. The summed E-state index contributed by atoms with van der Waals surface area (Å²) >= 11 is 1.20. The van der Waals surface area contributed by atoms with Gasteiger partial charge in [0.2, 0.25) is 0 Å². The molecule has 0 rings (SSSR count). The molecule has 0 amide bonds. The van der Waals surface area contributed by atoms with Crippen molar-refractivity contribution in [3.63, 3.8) is 0 Å². The molecule has 14 heavy (non-hydrogen) atoms. The first-order valence-corrected chi connectivity index (χ1v) is 5.41. The molecule has 0 radical (unpaired) electrons. The second kappa shape index (κ2) is 5.50. The largest absolute Gasteiger partial charge is 0.405 e. The molecule has 0 aromatic heterocycles. The van der Waals surface area contributed by atoms with Crippen LogP contribution >= 0.6 is 11.8 Å². The van der Waals surface area contributed by atoms with Crippen LogP contribution < -0.4 is 0 Å². The molecule has 0 bridgehead atoms. The van der Waals surface area contributed by atoms with Crippen molar-refractivity contribution in [2.24, 2.45) is 11.8 Å². The van der Waals surface area contributed by atoms with Crippen LogP contribution in [0.1, 0.15) is 20.8 Å². The van der Waals surface area contributed by atoms with Gasteiger partial charge in [-0.3, -0.25) is 0 Å². The second-order valence-corrected chi connectivity index (χ2v) is 4.92. The lowest BCUT2D eigenvalue weighted by Gasteiger charge is -2.18. The van der Waals surface area contributed by atoms with E-state index in [1.54, 1.807) is 0 Å². The highest BCUT2D eigenvalue weighted by Crippen LogP contribution is 2.31. The zero-order valence-corrected chi connectivity index (χ0v) is 9.25. The Morgan fingerprint density at radius 3 is 2.07 bits per heavy atom. The topological polar surface area (TPSA) is 23.8 Å². The van der Waals surface area contributed by atoms with Crippen molar-refractivity contribution in [3.05, 3.63) is 0 Å². The van der Waals surface area contributed by atoms with Crippen molar-refractivity contribution in [2.75, 3.05) is 5.75 Å². The van der Waals surface area contributed by atoms with Crippen LogP contribution in [-0.2, 0) is 0 Å². The molecule has 0 saturated heterocycles. The van der Waals surface area contributed by atoms with Crippen LogP contribution in [0, 0.1) is 23.2 Å². The molecule has 0 spiro atoms. The number of hydrogen-bond acceptors (Lipinski definition) is 2. The Labute approximate surface area is 86.7 Å². The minimum atomic E-state index is -4.39. The van der Waals surface area contributed by atoms with Crippen LogP contribution in [0.2, 0.25) is 0 Å². The first kappa shape index (κ1) is 13.6. The highest BCUT2D eigenvalue weighted by molar-refractivity contribution is 7.99. The van der Waals surface area contributed by atoms with Crippen molar-refractivity contribution in [1.82, 2.24) is 0 Å². The van der Waals surface area contributed by atoms with Gasteiger partial charge in [-0.15, -0.1) is 0 Å². The van der Waals surface area contributed by atoms with Gasteiger partial charge in [-0.25, -0.2) is 0 Å².